The van der Waals surface area contributed by atoms with Gasteiger partial charge in [-0.2, -0.15) is 0 Å². The van der Waals surface area contributed by atoms with E-state index in [4.69, 9.17) is 0 Å². The number of nitrogens with zero attached hydrogens (tertiary/aromatic N) is 2. The minimum atomic E-state index is 0. The van der Waals surface area contributed by atoms with Gasteiger partial charge in [0.1, 0.15) is 0 Å². The number of hydrogen-bond acceptors (Lipinski definition) is 2. The van der Waals surface area contributed by atoms with Crippen LogP contribution in [0.3, 0.4) is 0 Å². The van der Waals surface area contributed by atoms with Gasteiger partial charge < -0.3 is 15.5 Å². The van der Waals surface area contributed by atoms with E-state index in [1.807, 2.05) is 7.05 Å². The highest BCUT2D eigenvalue weighted by Crippen LogP contribution is 2.28. The topological polar surface area (TPSA) is 39.7 Å². The fraction of sp³-hybridized carbons (Fsp3) is 0.933. The predicted molar refractivity (Wildman–Crippen MR) is 97.0 cm³/mol. The fourth-order valence-corrected chi connectivity index (χ4v) is 2.95. The zero-order chi connectivity index (χ0) is 13.7. The Bertz CT molecular complexity index is 302. The van der Waals surface area contributed by atoms with Crippen LogP contribution in [0.5, 0.6) is 0 Å². The molecule has 4 nitrogen and oxygen atoms in total. The maximum Gasteiger partial charge on any atom is 0.191 e. The molecule has 2 saturated carbocycles. The summed E-state index contributed by atoms with van der Waals surface area (Å²) in [5.41, 5.74) is 0. The van der Waals surface area contributed by atoms with Crippen LogP contribution >= 0.6 is 24.0 Å². The van der Waals surface area contributed by atoms with Crippen LogP contribution in [0.1, 0.15) is 45.4 Å². The van der Waals surface area contributed by atoms with E-state index in [0.717, 1.165) is 31.0 Å². The van der Waals surface area contributed by atoms with E-state index < -0.39 is 0 Å². The van der Waals surface area contributed by atoms with Crippen LogP contribution in [0.2, 0.25) is 0 Å². The molecule has 2 N–H and O–H groups in total. The number of guanidine groups is 1. The number of aliphatic imine (C=N–C) groups is 1. The molecule has 2 fully saturated rings. The SMILES string of the molecule is CN=C(NCCN(C)C1CCCCC1)NC1CC1C.I. The van der Waals surface area contributed by atoms with Gasteiger partial charge >= 0.3 is 0 Å². The zero-order valence-electron chi connectivity index (χ0n) is 13.2. The lowest BCUT2D eigenvalue weighted by Gasteiger charge is -2.31. The molecule has 2 rings (SSSR count). The zero-order valence-corrected chi connectivity index (χ0v) is 15.5. The van der Waals surface area contributed by atoms with Crippen molar-refractivity contribution >= 4 is 29.9 Å². The smallest absolute Gasteiger partial charge is 0.191 e. The van der Waals surface area contributed by atoms with Gasteiger partial charge in [0.15, 0.2) is 5.96 Å². The average Bonchev–Trinajstić information content (AvgIpc) is 3.13. The van der Waals surface area contributed by atoms with Gasteiger partial charge in [-0.15, -0.1) is 24.0 Å². The van der Waals surface area contributed by atoms with Gasteiger partial charge in [0.2, 0.25) is 0 Å². The molecule has 0 heterocycles. The van der Waals surface area contributed by atoms with Gasteiger partial charge in [0.25, 0.3) is 0 Å². The third-order valence-electron chi connectivity index (χ3n) is 4.61. The summed E-state index contributed by atoms with van der Waals surface area (Å²) in [6, 6.07) is 1.44. The maximum absolute atomic E-state index is 4.29. The molecule has 5 heteroatoms. The molecule has 0 amide bonds. The maximum atomic E-state index is 4.29. The van der Waals surface area contributed by atoms with E-state index in [9.17, 15) is 0 Å². The van der Waals surface area contributed by atoms with Gasteiger partial charge in [-0.1, -0.05) is 26.2 Å². The molecule has 0 spiro atoms. The van der Waals surface area contributed by atoms with Crippen LogP contribution in [-0.2, 0) is 0 Å². The van der Waals surface area contributed by atoms with Crippen LogP contribution in [0.4, 0.5) is 0 Å². The third kappa shape index (κ3) is 5.76. The van der Waals surface area contributed by atoms with E-state index in [-0.39, 0.29) is 24.0 Å². The summed E-state index contributed by atoms with van der Waals surface area (Å²) in [5, 5.41) is 6.89. The Morgan fingerprint density at radius 2 is 1.90 bits per heavy atom. The quantitative estimate of drug-likeness (QED) is 0.428. The highest BCUT2D eigenvalue weighted by atomic mass is 127. The lowest BCUT2D eigenvalue weighted by Crippen LogP contribution is -2.44. The van der Waals surface area contributed by atoms with Gasteiger partial charge in [-0.3, -0.25) is 4.99 Å². The molecule has 0 bridgehead atoms. The monoisotopic (exact) mass is 394 g/mol. The molecule has 2 aliphatic rings. The van der Waals surface area contributed by atoms with Gasteiger partial charge in [-0.05, 0) is 32.2 Å². The molecule has 118 valence electrons. The number of likely N-dealkylation sites (N-methyl/N-ethyl adjacent to an activating group) is 1. The number of rotatable bonds is 5. The highest BCUT2D eigenvalue weighted by molar-refractivity contribution is 14.0. The van der Waals surface area contributed by atoms with Crippen molar-refractivity contribution < 1.29 is 0 Å². The summed E-state index contributed by atoms with van der Waals surface area (Å²) >= 11 is 0. The first-order valence-corrected chi connectivity index (χ1v) is 7.88. The second-order valence-corrected chi connectivity index (χ2v) is 6.24. The Balaban J connectivity index is 0.00000200. The molecule has 2 aliphatic carbocycles. The first kappa shape index (κ1) is 18.0. The first-order valence-electron chi connectivity index (χ1n) is 7.88. The molecule has 2 atom stereocenters. The standard InChI is InChI=1S/C15H30N4.HI/c1-12-11-14(12)18-15(16-2)17-9-10-19(3)13-7-5-4-6-8-13;/h12-14H,4-11H2,1-3H3,(H2,16,17,18);1H. The van der Waals surface area contributed by atoms with E-state index in [1.165, 1.54) is 38.5 Å². The lowest BCUT2D eigenvalue weighted by atomic mass is 9.94. The van der Waals surface area contributed by atoms with Crippen LogP contribution in [0, 0.1) is 5.92 Å². The molecule has 0 radical (unpaired) electrons. The Labute approximate surface area is 141 Å². The second-order valence-electron chi connectivity index (χ2n) is 6.24. The Morgan fingerprint density at radius 3 is 2.45 bits per heavy atom. The molecule has 0 aromatic heterocycles. The van der Waals surface area contributed by atoms with Crippen LogP contribution < -0.4 is 10.6 Å². The molecule has 20 heavy (non-hydrogen) atoms. The normalized spacial score (nSPS) is 27.1. The van der Waals surface area contributed by atoms with Crippen molar-refractivity contribution in [1.29, 1.82) is 0 Å². The number of halogens is 1. The minimum absolute atomic E-state index is 0. The average molecular weight is 394 g/mol. The predicted octanol–water partition coefficient (Wildman–Crippen LogP) is 2.44. The molecule has 0 aromatic rings. The van der Waals surface area contributed by atoms with Gasteiger partial charge in [0, 0.05) is 32.2 Å². The fourth-order valence-electron chi connectivity index (χ4n) is 2.95. The van der Waals surface area contributed by atoms with Crippen LogP contribution in [0.25, 0.3) is 0 Å². The van der Waals surface area contributed by atoms with Crippen molar-refractivity contribution in [2.24, 2.45) is 10.9 Å². The van der Waals surface area contributed by atoms with E-state index in [0.29, 0.717) is 6.04 Å². The third-order valence-corrected chi connectivity index (χ3v) is 4.61. The lowest BCUT2D eigenvalue weighted by molar-refractivity contribution is 0.194. The number of hydrogen-bond donors (Lipinski definition) is 2. The Morgan fingerprint density at radius 1 is 1.25 bits per heavy atom. The Hall–Kier alpha value is -0.0400. The minimum Gasteiger partial charge on any atom is -0.355 e. The molecule has 2 unspecified atom stereocenters. The van der Waals surface area contributed by atoms with E-state index in [2.05, 4.69) is 34.5 Å². The van der Waals surface area contributed by atoms with Crippen molar-refractivity contribution in [3.63, 3.8) is 0 Å². The van der Waals surface area contributed by atoms with Crippen LogP contribution in [0.15, 0.2) is 4.99 Å². The molecule has 0 aromatic carbocycles. The highest BCUT2D eigenvalue weighted by Gasteiger charge is 2.33. The molecular weight excluding hydrogens is 363 g/mol. The van der Waals surface area contributed by atoms with Crippen molar-refractivity contribution in [3.05, 3.63) is 0 Å². The summed E-state index contributed by atoms with van der Waals surface area (Å²) in [6.07, 6.45) is 8.28. The van der Waals surface area contributed by atoms with Crippen molar-refractivity contribution in [3.8, 4) is 0 Å². The molecule has 0 saturated heterocycles. The number of nitrogens with one attached hydrogen (secondary N) is 2. The van der Waals surface area contributed by atoms with Crippen molar-refractivity contribution in [2.75, 3.05) is 27.2 Å². The van der Waals surface area contributed by atoms with E-state index >= 15 is 0 Å². The van der Waals surface area contributed by atoms with E-state index in [1.54, 1.807) is 0 Å². The second kappa shape index (κ2) is 9.07. The summed E-state index contributed by atoms with van der Waals surface area (Å²) in [4.78, 5) is 6.80. The summed E-state index contributed by atoms with van der Waals surface area (Å²) in [7, 11) is 4.12. The van der Waals surface area contributed by atoms with Crippen molar-refractivity contribution in [2.45, 2.75) is 57.5 Å². The summed E-state index contributed by atoms with van der Waals surface area (Å²) < 4.78 is 0. The van der Waals surface area contributed by atoms with Gasteiger partial charge in [-0.25, -0.2) is 0 Å². The van der Waals surface area contributed by atoms with Crippen LogP contribution in [-0.4, -0.2) is 50.1 Å². The first-order chi connectivity index (χ1) is 9.20. The van der Waals surface area contributed by atoms with Crippen molar-refractivity contribution in [1.82, 2.24) is 15.5 Å². The molecular formula is C15H31IN4. The molecule has 0 aliphatic heterocycles. The van der Waals surface area contributed by atoms with Gasteiger partial charge in [0.05, 0.1) is 0 Å². The summed E-state index contributed by atoms with van der Waals surface area (Å²) in [5.74, 6) is 1.77. The summed E-state index contributed by atoms with van der Waals surface area (Å²) in [6.45, 7) is 4.36. The largest absolute Gasteiger partial charge is 0.355 e. The Kier molecular flexibility index (Phi) is 8.17.